The summed E-state index contributed by atoms with van der Waals surface area (Å²) in [4.78, 5) is 10.6. The van der Waals surface area contributed by atoms with E-state index in [0.717, 1.165) is 18.2 Å². The fourth-order valence-corrected chi connectivity index (χ4v) is 0.757. The topological polar surface area (TPSA) is 46.5 Å². The van der Waals surface area contributed by atoms with Crippen LogP contribution in [0.5, 0.6) is 5.75 Å². The molecule has 0 aromatic heterocycles. The molecule has 0 spiro atoms. The molecule has 1 N–H and O–H groups in total. The Labute approximate surface area is 72.6 Å². The van der Waals surface area contributed by atoms with Crippen LogP contribution in [0.1, 0.15) is 14.5 Å². The summed E-state index contributed by atoms with van der Waals surface area (Å²) in [6, 6.07) is 2.57. The van der Waals surface area contributed by atoms with Gasteiger partial charge >= 0.3 is 5.97 Å². The van der Waals surface area contributed by atoms with Crippen molar-refractivity contribution in [3.63, 3.8) is 0 Å². The zero-order valence-electron chi connectivity index (χ0n) is 8.87. The molecule has 0 unspecified atom stereocenters. The Morgan fingerprint density at radius 3 is 3.08 bits per heavy atom. The van der Waals surface area contributed by atoms with Crippen LogP contribution in [0.4, 0.5) is 4.39 Å². The lowest BCUT2D eigenvalue weighted by molar-refractivity contribution is 0.0693. The summed E-state index contributed by atoms with van der Waals surface area (Å²) in [5.41, 5.74) is -0.396. The van der Waals surface area contributed by atoms with Crippen LogP contribution in [0, 0.1) is 5.82 Å². The third-order valence-electron chi connectivity index (χ3n) is 1.28. The highest BCUT2D eigenvalue weighted by Gasteiger charge is 2.10. The summed E-state index contributed by atoms with van der Waals surface area (Å²) in [7, 11) is -2.81. The number of methoxy groups -OCH3 is 1. The van der Waals surface area contributed by atoms with Crippen molar-refractivity contribution in [2.75, 3.05) is 7.04 Å². The van der Waals surface area contributed by atoms with Gasteiger partial charge in [-0.15, -0.1) is 0 Å². The Hall–Kier alpha value is -1.58. The minimum Gasteiger partial charge on any atom is -0.496 e. The second-order valence-electron chi connectivity index (χ2n) is 2.05. The second kappa shape index (κ2) is 3.21. The molecule has 0 bridgehead atoms. The van der Waals surface area contributed by atoms with Crippen molar-refractivity contribution in [3.8, 4) is 5.75 Å². The molecule has 0 saturated carbocycles. The lowest BCUT2D eigenvalue weighted by atomic mass is 10.2. The molecule has 0 fully saturated rings. The molecule has 64 valence electrons. The van der Waals surface area contributed by atoms with E-state index < -0.39 is 30.1 Å². The van der Waals surface area contributed by atoms with E-state index in [1.54, 1.807) is 0 Å². The number of hydrogen-bond acceptors (Lipinski definition) is 2. The van der Waals surface area contributed by atoms with Gasteiger partial charge in [0.2, 0.25) is 0 Å². The molecule has 4 heteroatoms. The Balaban J connectivity index is 3.13. The van der Waals surface area contributed by atoms with E-state index in [0.29, 0.717) is 0 Å². The third kappa shape index (κ3) is 1.53. The van der Waals surface area contributed by atoms with Crippen molar-refractivity contribution in [3.05, 3.63) is 29.6 Å². The zero-order valence-corrected chi connectivity index (χ0v) is 5.87. The molecule has 12 heavy (non-hydrogen) atoms. The van der Waals surface area contributed by atoms with E-state index in [2.05, 4.69) is 4.74 Å². The number of hydrogen-bond donors (Lipinski definition) is 1. The molecule has 3 nitrogen and oxygen atoms in total. The molecule has 0 radical (unpaired) electrons. The van der Waals surface area contributed by atoms with E-state index >= 15 is 0 Å². The summed E-state index contributed by atoms with van der Waals surface area (Å²) in [5.74, 6) is -2.66. The first kappa shape index (κ1) is 5.13. The van der Waals surface area contributed by atoms with Gasteiger partial charge in [-0.25, -0.2) is 9.18 Å². The minimum atomic E-state index is -2.81. The molecule has 0 aliphatic carbocycles. The van der Waals surface area contributed by atoms with Crippen molar-refractivity contribution < 1.29 is 23.1 Å². The van der Waals surface area contributed by atoms with E-state index in [1.807, 2.05) is 0 Å². The summed E-state index contributed by atoms with van der Waals surface area (Å²) >= 11 is 0. The predicted octanol–water partition coefficient (Wildman–Crippen LogP) is 1.53. The highest BCUT2D eigenvalue weighted by molar-refractivity contribution is 5.90. The lowest BCUT2D eigenvalue weighted by Gasteiger charge is -2.03. The molecule has 0 aliphatic heterocycles. The maximum absolute atomic E-state index is 12.7. The van der Waals surface area contributed by atoms with E-state index in [-0.39, 0.29) is 0 Å². The summed E-state index contributed by atoms with van der Waals surface area (Å²) in [6.45, 7) is 0. The van der Waals surface area contributed by atoms with Crippen LogP contribution in [0.15, 0.2) is 18.2 Å². The van der Waals surface area contributed by atoms with Gasteiger partial charge in [0.1, 0.15) is 17.1 Å². The first-order valence-electron chi connectivity index (χ1n) is 4.51. The summed E-state index contributed by atoms with van der Waals surface area (Å²) < 4.78 is 37.4. The number of rotatable bonds is 2. The van der Waals surface area contributed by atoms with Gasteiger partial charge in [-0.1, -0.05) is 0 Å². The normalized spacial score (nSPS) is 14.2. The third-order valence-corrected chi connectivity index (χ3v) is 1.28. The highest BCUT2D eigenvalue weighted by Crippen LogP contribution is 2.18. The highest BCUT2D eigenvalue weighted by atomic mass is 19.1. The van der Waals surface area contributed by atoms with Crippen molar-refractivity contribution >= 4 is 5.97 Å². The molecule has 0 heterocycles. The van der Waals surface area contributed by atoms with Gasteiger partial charge < -0.3 is 9.84 Å². The van der Waals surface area contributed by atoms with Crippen LogP contribution in [-0.2, 0) is 0 Å². The van der Waals surface area contributed by atoms with E-state index in [1.165, 1.54) is 0 Å². The number of carbonyl (C=O) groups is 1. The maximum Gasteiger partial charge on any atom is 0.339 e. The number of ether oxygens (including phenoxy) is 1. The average molecular weight is 173 g/mol. The van der Waals surface area contributed by atoms with Crippen LogP contribution < -0.4 is 4.74 Å². The molecule has 0 atom stereocenters. The maximum atomic E-state index is 12.7. The van der Waals surface area contributed by atoms with Gasteiger partial charge in [0.25, 0.3) is 0 Å². The number of halogens is 1. The van der Waals surface area contributed by atoms with Gasteiger partial charge in [0.15, 0.2) is 0 Å². The van der Waals surface area contributed by atoms with Gasteiger partial charge in [0.05, 0.1) is 11.2 Å². The first-order chi connectivity index (χ1) is 6.79. The lowest BCUT2D eigenvalue weighted by Crippen LogP contribution is -2.00. The van der Waals surface area contributed by atoms with Crippen molar-refractivity contribution in [2.45, 2.75) is 0 Å². The Kier molecular flexibility index (Phi) is 1.37. The quantitative estimate of drug-likeness (QED) is 0.737. The first-order valence-corrected chi connectivity index (χ1v) is 3.01. The number of aromatic carboxylic acids is 1. The molecule has 0 saturated heterocycles. The molecule has 1 rings (SSSR count). The van der Waals surface area contributed by atoms with Crippen molar-refractivity contribution in [1.29, 1.82) is 0 Å². The Bertz CT molecular complexity index is 389. The fraction of sp³-hybridized carbons (Fsp3) is 0.125. The average Bonchev–Trinajstić information content (AvgIpc) is 1.99. The Morgan fingerprint density at radius 1 is 1.75 bits per heavy atom. The minimum absolute atomic E-state index is 0.396. The van der Waals surface area contributed by atoms with Crippen LogP contribution in [0.2, 0.25) is 0 Å². The molecule has 0 aliphatic rings. The monoisotopic (exact) mass is 173 g/mol. The molecule has 1 aromatic carbocycles. The number of carboxylic acids is 1. The summed E-state index contributed by atoms with van der Waals surface area (Å²) in [5, 5.41) is 8.67. The smallest absolute Gasteiger partial charge is 0.339 e. The number of benzene rings is 1. The van der Waals surface area contributed by atoms with Crippen LogP contribution in [0.3, 0.4) is 0 Å². The van der Waals surface area contributed by atoms with Crippen LogP contribution in [0.25, 0.3) is 0 Å². The predicted molar refractivity (Wildman–Crippen MR) is 39.9 cm³/mol. The molecule has 1 aromatic rings. The Morgan fingerprint density at radius 2 is 2.50 bits per heavy atom. The van der Waals surface area contributed by atoms with Crippen molar-refractivity contribution in [1.82, 2.24) is 0 Å². The molecule has 0 amide bonds. The van der Waals surface area contributed by atoms with Crippen molar-refractivity contribution in [2.24, 2.45) is 0 Å². The van der Waals surface area contributed by atoms with Crippen LogP contribution in [-0.4, -0.2) is 18.1 Å². The van der Waals surface area contributed by atoms with Gasteiger partial charge in [0, 0.05) is 6.07 Å². The van der Waals surface area contributed by atoms with Gasteiger partial charge in [-0.2, -0.15) is 0 Å². The summed E-state index contributed by atoms with van der Waals surface area (Å²) in [6.07, 6.45) is 0. The standard InChI is InChI=1S/C8H7FO3/c1-12-7-4-5(9)2-3-6(7)8(10)11/h2-4H,1H3,(H,10,11)/i1D3. The molecular weight excluding hydrogens is 163 g/mol. The molecular formula is C8H7FO3. The SMILES string of the molecule is [2H]C([2H])([2H])Oc1cc(F)ccc1C(=O)O. The van der Waals surface area contributed by atoms with Gasteiger partial charge in [-0.3, -0.25) is 0 Å². The number of carboxylic acid groups (broad SMARTS) is 1. The zero-order chi connectivity index (χ0) is 11.6. The van der Waals surface area contributed by atoms with E-state index in [9.17, 15) is 9.18 Å². The van der Waals surface area contributed by atoms with E-state index in [4.69, 9.17) is 9.22 Å². The fourth-order valence-electron chi connectivity index (χ4n) is 0.757. The van der Waals surface area contributed by atoms with Crippen LogP contribution >= 0.6 is 0 Å². The second-order valence-corrected chi connectivity index (χ2v) is 2.05. The van der Waals surface area contributed by atoms with Gasteiger partial charge in [-0.05, 0) is 12.1 Å². The largest absolute Gasteiger partial charge is 0.496 e.